The maximum Gasteiger partial charge on any atom is 0.136 e. The van der Waals surface area contributed by atoms with E-state index in [-0.39, 0.29) is 0 Å². The normalized spacial score (nSPS) is 12.8. The first-order valence-corrected chi connectivity index (χ1v) is 6.77. The Balaban J connectivity index is 2.09. The predicted octanol–water partition coefficient (Wildman–Crippen LogP) is 3.73. The average molecular weight is 267 g/mol. The monoisotopic (exact) mass is 267 g/mol. The van der Waals surface area contributed by atoms with Gasteiger partial charge in [-0.05, 0) is 38.1 Å². The highest BCUT2D eigenvalue weighted by molar-refractivity contribution is 5.92. The fourth-order valence-electron chi connectivity index (χ4n) is 2.37. The van der Waals surface area contributed by atoms with Crippen LogP contribution in [-0.4, -0.2) is 16.2 Å². The number of para-hydroxylation sites is 1. The number of fused-ring (bicyclic) bond motifs is 1. The van der Waals surface area contributed by atoms with Gasteiger partial charge in [-0.15, -0.1) is 0 Å². The van der Waals surface area contributed by atoms with E-state index < -0.39 is 6.10 Å². The molecule has 0 aliphatic rings. The summed E-state index contributed by atoms with van der Waals surface area (Å²) in [6.07, 6.45) is 0.124. The molecule has 1 atom stereocenters. The Hall–Kier alpha value is -2.13. The molecule has 20 heavy (non-hydrogen) atoms. The quantitative estimate of drug-likeness (QED) is 0.786. The third-order valence-corrected chi connectivity index (χ3v) is 3.28. The smallest absolute Gasteiger partial charge is 0.136 e. The van der Waals surface area contributed by atoms with Crippen LogP contribution in [-0.2, 0) is 6.42 Å². The molecule has 0 bridgehead atoms. The van der Waals surface area contributed by atoms with E-state index in [1.807, 2.05) is 43.3 Å². The number of rotatable bonds is 3. The number of pyridine rings is 1. The van der Waals surface area contributed by atoms with Gasteiger partial charge < -0.3 is 9.52 Å². The van der Waals surface area contributed by atoms with Crippen molar-refractivity contribution < 1.29 is 9.52 Å². The van der Waals surface area contributed by atoms with Gasteiger partial charge in [0.2, 0.25) is 0 Å². The van der Waals surface area contributed by atoms with E-state index >= 15 is 0 Å². The van der Waals surface area contributed by atoms with Crippen LogP contribution < -0.4 is 0 Å². The van der Waals surface area contributed by atoms with Crippen LogP contribution in [0.15, 0.2) is 46.9 Å². The maximum absolute atomic E-state index is 9.42. The lowest BCUT2D eigenvalue weighted by Gasteiger charge is -2.05. The third-order valence-electron chi connectivity index (χ3n) is 3.28. The summed E-state index contributed by atoms with van der Waals surface area (Å²) in [5, 5.41) is 10.5. The second-order valence-electron chi connectivity index (χ2n) is 5.15. The maximum atomic E-state index is 9.42. The van der Waals surface area contributed by atoms with E-state index in [0.717, 1.165) is 33.7 Å². The molecule has 3 aromatic rings. The predicted molar refractivity (Wildman–Crippen MR) is 79.6 cm³/mol. The summed E-state index contributed by atoms with van der Waals surface area (Å²) < 4.78 is 5.83. The summed E-state index contributed by atoms with van der Waals surface area (Å²) >= 11 is 0. The highest BCUT2D eigenvalue weighted by atomic mass is 16.3. The molecule has 2 aromatic heterocycles. The summed E-state index contributed by atoms with van der Waals surface area (Å²) in [7, 11) is 0. The average Bonchev–Trinajstić information content (AvgIpc) is 2.85. The minimum absolute atomic E-state index is 0.401. The zero-order chi connectivity index (χ0) is 14.1. The van der Waals surface area contributed by atoms with Gasteiger partial charge in [-0.25, -0.2) is 0 Å². The van der Waals surface area contributed by atoms with E-state index in [0.29, 0.717) is 6.42 Å². The van der Waals surface area contributed by atoms with Crippen LogP contribution in [0.3, 0.4) is 0 Å². The Morgan fingerprint density at radius 2 is 2.00 bits per heavy atom. The Kier molecular flexibility index (Phi) is 3.28. The number of hydrogen-bond acceptors (Lipinski definition) is 3. The minimum Gasteiger partial charge on any atom is -0.461 e. The number of hydrogen-bond donors (Lipinski definition) is 1. The number of aryl methyl sites for hydroxylation is 1. The number of benzene rings is 1. The lowest BCUT2D eigenvalue weighted by molar-refractivity contribution is 0.187. The van der Waals surface area contributed by atoms with Gasteiger partial charge in [-0.3, -0.25) is 4.98 Å². The lowest BCUT2D eigenvalue weighted by atomic mass is 10.1. The second-order valence-corrected chi connectivity index (χ2v) is 5.15. The van der Waals surface area contributed by atoms with Gasteiger partial charge in [-0.2, -0.15) is 0 Å². The van der Waals surface area contributed by atoms with Gasteiger partial charge in [0.1, 0.15) is 11.5 Å². The van der Waals surface area contributed by atoms with Gasteiger partial charge in [0, 0.05) is 23.1 Å². The molecule has 2 heterocycles. The van der Waals surface area contributed by atoms with Crippen LogP contribution in [0.1, 0.15) is 18.4 Å². The lowest BCUT2D eigenvalue weighted by Crippen LogP contribution is -2.02. The van der Waals surface area contributed by atoms with E-state index in [1.54, 1.807) is 6.92 Å². The largest absolute Gasteiger partial charge is 0.461 e. The summed E-state index contributed by atoms with van der Waals surface area (Å²) in [4.78, 5) is 4.61. The Morgan fingerprint density at radius 3 is 2.80 bits per heavy atom. The summed E-state index contributed by atoms with van der Waals surface area (Å²) in [5.74, 6) is 1.59. The molecule has 0 saturated heterocycles. The Bertz CT molecular complexity index is 744. The fourth-order valence-corrected chi connectivity index (χ4v) is 2.37. The number of aliphatic hydroxyl groups excluding tert-OH is 1. The summed E-state index contributed by atoms with van der Waals surface area (Å²) in [6, 6.07) is 14.0. The highest BCUT2D eigenvalue weighted by Crippen LogP contribution is 2.29. The van der Waals surface area contributed by atoms with Gasteiger partial charge in [0.15, 0.2) is 0 Å². The molecule has 0 saturated carbocycles. The van der Waals surface area contributed by atoms with Crippen molar-refractivity contribution in [1.29, 1.82) is 0 Å². The first-order chi connectivity index (χ1) is 9.63. The van der Waals surface area contributed by atoms with Crippen molar-refractivity contribution >= 4 is 10.9 Å². The molecule has 3 nitrogen and oxygen atoms in total. The van der Waals surface area contributed by atoms with Crippen molar-refractivity contribution in [2.24, 2.45) is 0 Å². The van der Waals surface area contributed by atoms with E-state index in [4.69, 9.17) is 4.42 Å². The molecule has 3 heteroatoms. The number of aromatic nitrogens is 1. The van der Waals surface area contributed by atoms with Crippen molar-refractivity contribution in [2.45, 2.75) is 26.4 Å². The molecule has 1 unspecified atom stereocenters. The molecule has 0 amide bonds. The minimum atomic E-state index is -0.401. The standard InChI is InChI=1S/C17H17NO2/c1-11-6-7-13-4-3-5-15(17(13)18-11)16-9-8-14(20-16)10-12(2)19/h3-9,12,19H,10H2,1-2H3. The summed E-state index contributed by atoms with van der Waals surface area (Å²) in [5.41, 5.74) is 2.93. The van der Waals surface area contributed by atoms with Crippen molar-refractivity contribution in [3.8, 4) is 11.3 Å². The molecule has 0 aliphatic carbocycles. The number of nitrogens with zero attached hydrogens (tertiary/aromatic N) is 1. The first-order valence-electron chi connectivity index (χ1n) is 6.77. The summed E-state index contributed by atoms with van der Waals surface area (Å²) in [6.45, 7) is 3.74. The Morgan fingerprint density at radius 1 is 1.15 bits per heavy atom. The van der Waals surface area contributed by atoms with E-state index in [1.165, 1.54) is 0 Å². The molecule has 0 spiro atoms. The molecular formula is C17H17NO2. The van der Waals surface area contributed by atoms with Crippen LogP contribution in [0.4, 0.5) is 0 Å². The van der Waals surface area contributed by atoms with E-state index in [9.17, 15) is 5.11 Å². The van der Waals surface area contributed by atoms with Crippen LogP contribution in [0.5, 0.6) is 0 Å². The van der Waals surface area contributed by atoms with Crippen molar-refractivity contribution in [2.75, 3.05) is 0 Å². The second kappa shape index (κ2) is 5.10. The van der Waals surface area contributed by atoms with Crippen molar-refractivity contribution in [1.82, 2.24) is 4.98 Å². The molecular weight excluding hydrogens is 250 g/mol. The molecule has 102 valence electrons. The zero-order valence-electron chi connectivity index (χ0n) is 11.6. The van der Waals surface area contributed by atoms with E-state index in [2.05, 4.69) is 11.1 Å². The van der Waals surface area contributed by atoms with Crippen LogP contribution in [0, 0.1) is 6.92 Å². The molecule has 3 rings (SSSR count). The molecule has 0 radical (unpaired) electrons. The topological polar surface area (TPSA) is 46.3 Å². The molecule has 0 fully saturated rings. The zero-order valence-corrected chi connectivity index (χ0v) is 11.6. The molecule has 1 aromatic carbocycles. The van der Waals surface area contributed by atoms with Gasteiger partial charge >= 0.3 is 0 Å². The molecule has 1 N–H and O–H groups in total. The fraction of sp³-hybridized carbons (Fsp3) is 0.235. The van der Waals surface area contributed by atoms with Crippen LogP contribution in [0.2, 0.25) is 0 Å². The number of furan rings is 1. The van der Waals surface area contributed by atoms with Gasteiger partial charge in [0.05, 0.1) is 11.6 Å². The first kappa shape index (κ1) is 12.9. The highest BCUT2D eigenvalue weighted by Gasteiger charge is 2.10. The van der Waals surface area contributed by atoms with Crippen LogP contribution in [0.25, 0.3) is 22.2 Å². The van der Waals surface area contributed by atoms with Gasteiger partial charge in [0.25, 0.3) is 0 Å². The van der Waals surface area contributed by atoms with Crippen molar-refractivity contribution in [3.63, 3.8) is 0 Å². The van der Waals surface area contributed by atoms with Crippen molar-refractivity contribution in [3.05, 3.63) is 53.9 Å². The third kappa shape index (κ3) is 2.45. The molecule has 0 aliphatic heterocycles. The number of aliphatic hydroxyl groups is 1. The van der Waals surface area contributed by atoms with Crippen LogP contribution >= 0.6 is 0 Å². The SMILES string of the molecule is Cc1ccc2cccc(-c3ccc(CC(C)O)o3)c2n1. The van der Waals surface area contributed by atoms with Gasteiger partial charge in [-0.1, -0.05) is 18.2 Å². The Labute approximate surface area is 117 Å².